The lowest BCUT2D eigenvalue weighted by Crippen LogP contribution is -2.48. The lowest BCUT2D eigenvalue weighted by atomic mass is 10.1. The lowest BCUT2D eigenvalue weighted by Gasteiger charge is -2.33. The Bertz CT molecular complexity index is 683. The summed E-state index contributed by atoms with van der Waals surface area (Å²) in [5.41, 5.74) is 1.01. The first-order valence-electron chi connectivity index (χ1n) is 7.35. The van der Waals surface area contributed by atoms with E-state index in [1.54, 1.807) is 34.3 Å². The fourth-order valence-electron chi connectivity index (χ4n) is 2.78. The molecule has 1 unspecified atom stereocenters. The zero-order valence-electron chi connectivity index (χ0n) is 12.4. The fourth-order valence-corrected chi connectivity index (χ4v) is 5.45. The van der Waals surface area contributed by atoms with Crippen LogP contribution in [0.5, 0.6) is 0 Å². The van der Waals surface area contributed by atoms with Crippen LogP contribution < -0.4 is 5.32 Å². The number of imidazole rings is 1. The smallest absolute Gasteiger partial charge is 0.252 e. The maximum absolute atomic E-state index is 12.6. The average Bonchev–Trinajstić information content (AvgIpc) is 3.21. The Kier molecular flexibility index (Phi) is 4.62. The molecular formula is C14H20N4O2S2. The van der Waals surface area contributed by atoms with Crippen LogP contribution in [0.2, 0.25) is 0 Å². The molecule has 0 saturated carbocycles. The van der Waals surface area contributed by atoms with Crippen LogP contribution in [-0.2, 0) is 10.0 Å². The van der Waals surface area contributed by atoms with Gasteiger partial charge >= 0.3 is 0 Å². The van der Waals surface area contributed by atoms with Gasteiger partial charge in [-0.05, 0) is 31.2 Å². The summed E-state index contributed by atoms with van der Waals surface area (Å²) in [7, 11) is -3.35. The van der Waals surface area contributed by atoms with E-state index in [1.807, 2.05) is 0 Å². The molecule has 1 aliphatic heterocycles. The summed E-state index contributed by atoms with van der Waals surface area (Å²) in [6.45, 7) is 3.16. The lowest BCUT2D eigenvalue weighted by molar-refractivity contribution is 0.270. The van der Waals surface area contributed by atoms with Gasteiger partial charge in [0.15, 0.2) is 0 Å². The Morgan fingerprint density at radius 3 is 3.09 bits per heavy atom. The van der Waals surface area contributed by atoms with E-state index in [0.717, 1.165) is 18.5 Å². The van der Waals surface area contributed by atoms with Crippen LogP contribution in [-0.4, -0.2) is 41.8 Å². The number of hydrogen-bond acceptors (Lipinski definition) is 5. The molecule has 0 radical (unpaired) electrons. The van der Waals surface area contributed by atoms with E-state index in [1.165, 1.54) is 11.3 Å². The summed E-state index contributed by atoms with van der Waals surface area (Å²) in [6.07, 6.45) is 5.30. The molecule has 120 valence electrons. The minimum absolute atomic E-state index is 0.122. The highest BCUT2D eigenvalue weighted by Gasteiger charge is 2.31. The molecule has 0 spiro atoms. The zero-order chi connectivity index (χ0) is 15.6. The molecule has 2 atom stereocenters. The molecule has 6 nitrogen and oxygen atoms in total. The molecule has 8 heteroatoms. The number of thiophene rings is 1. The molecule has 0 bridgehead atoms. The van der Waals surface area contributed by atoms with Crippen molar-refractivity contribution in [3.8, 4) is 0 Å². The van der Waals surface area contributed by atoms with Gasteiger partial charge < -0.3 is 10.3 Å². The van der Waals surface area contributed by atoms with Gasteiger partial charge in [0.1, 0.15) is 4.21 Å². The van der Waals surface area contributed by atoms with Gasteiger partial charge in [-0.25, -0.2) is 13.4 Å². The molecule has 2 N–H and O–H groups in total. The summed E-state index contributed by atoms with van der Waals surface area (Å²) in [5.74, 6) is 0. The molecule has 22 heavy (non-hydrogen) atoms. The topological polar surface area (TPSA) is 78.1 Å². The van der Waals surface area contributed by atoms with E-state index >= 15 is 0 Å². The number of nitrogens with one attached hydrogen (secondary N) is 2. The summed E-state index contributed by atoms with van der Waals surface area (Å²) >= 11 is 1.27. The third-order valence-corrected chi connectivity index (χ3v) is 7.18. The normalized spacial score (nSPS) is 21.8. The Balaban J connectivity index is 1.67. The van der Waals surface area contributed by atoms with Gasteiger partial charge in [-0.15, -0.1) is 11.3 Å². The number of hydrogen-bond donors (Lipinski definition) is 2. The minimum Gasteiger partial charge on any atom is -0.347 e. The number of nitrogens with zero attached hydrogens (tertiary/aromatic N) is 2. The van der Waals surface area contributed by atoms with E-state index in [9.17, 15) is 8.42 Å². The Morgan fingerprint density at radius 1 is 1.55 bits per heavy atom. The van der Waals surface area contributed by atoms with Gasteiger partial charge in [-0.1, -0.05) is 6.07 Å². The molecule has 0 amide bonds. The highest BCUT2D eigenvalue weighted by molar-refractivity contribution is 7.91. The highest BCUT2D eigenvalue weighted by atomic mass is 32.2. The van der Waals surface area contributed by atoms with E-state index < -0.39 is 10.0 Å². The Morgan fingerprint density at radius 2 is 2.41 bits per heavy atom. The van der Waals surface area contributed by atoms with Gasteiger partial charge in [-0.2, -0.15) is 4.31 Å². The second-order valence-electron chi connectivity index (χ2n) is 5.53. The molecular weight excluding hydrogens is 320 g/mol. The predicted octanol–water partition coefficient (Wildman–Crippen LogP) is 1.98. The number of rotatable bonds is 5. The van der Waals surface area contributed by atoms with E-state index in [2.05, 4.69) is 22.2 Å². The molecule has 2 aromatic rings. The Labute approximate surface area is 134 Å². The summed E-state index contributed by atoms with van der Waals surface area (Å²) in [5, 5.41) is 5.29. The van der Waals surface area contributed by atoms with Gasteiger partial charge in [0, 0.05) is 31.4 Å². The third-order valence-electron chi connectivity index (χ3n) is 3.94. The average molecular weight is 340 g/mol. The van der Waals surface area contributed by atoms with Gasteiger partial charge in [0.25, 0.3) is 10.0 Å². The molecule has 1 fully saturated rings. The first kappa shape index (κ1) is 15.7. The van der Waals surface area contributed by atoms with Crippen molar-refractivity contribution >= 4 is 21.4 Å². The maximum Gasteiger partial charge on any atom is 0.252 e. The monoisotopic (exact) mass is 340 g/mol. The first-order chi connectivity index (χ1) is 10.6. The maximum atomic E-state index is 12.6. The number of H-pyrrole nitrogens is 1. The zero-order valence-corrected chi connectivity index (χ0v) is 14.0. The number of sulfonamides is 1. The quantitative estimate of drug-likeness (QED) is 0.872. The number of aromatic amines is 1. The van der Waals surface area contributed by atoms with Crippen molar-refractivity contribution in [3.05, 3.63) is 35.7 Å². The van der Waals surface area contributed by atoms with Crippen molar-refractivity contribution < 1.29 is 8.42 Å². The van der Waals surface area contributed by atoms with Crippen molar-refractivity contribution in [3.63, 3.8) is 0 Å². The standard InChI is InChI=1S/C14H20N4O2S2/c1-11(13-8-15-10-16-13)17-12-4-2-6-18(9-12)22(19,20)14-5-3-7-21-14/h3,5,7-8,10-12,17H,2,4,6,9H2,1H3,(H,15,16)/t11?,12-/m1/s1. The van der Waals surface area contributed by atoms with Crippen molar-refractivity contribution in [1.29, 1.82) is 0 Å². The van der Waals surface area contributed by atoms with Crippen LogP contribution in [0.25, 0.3) is 0 Å². The molecule has 3 heterocycles. The molecule has 2 aromatic heterocycles. The van der Waals surface area contributed by atoms with Crippen LogP contribution in [0.15, 0.2) is 34.2 Å². The number of aromatic nitrogens is 2. The van der Waals surface area contributed by atoms with Crippen LogP contribution in [0.3, 0.4) is 0 Å². The summed E-state index contributed by atoms with van der Waals surface area (Å²) < 4.78 is 27.2. The van der Waals surface area contributed by atoms with Gasteiger partial charge in [-0.3, -0.25) is 0 Å². The second kappa shape index (κ2) is 6.49. The summed E-state index contributed by atoms with van der Waals surface area (Å²) in [6, 6.07) is 3.72. The van der Waals surface area contributed by atoms with Crippen molar-refractivity contribution in [2.75, 3.05) is 13.1 Å². The van der Waals surface area contributed by atoms with Crippen molar-refractivity contribution in [2.45, 2.75) is 36.1 Å². The van der Waals surface area contributed by atoms with Crippen molar-refractivity contribution in [1.82, 2.24) is 19.6 Å². The van der Waals surface area contributed by atoms with Crippen LogP contribution in [0.1, 0.15) is 31.5 Å². The van der Waals surface area contributed by atoms with Gasteiger partial charge in [0.05, 0.1) is 12.0 Å². The second-order valence-corrected chi connectivity index (χ2v) is 8.64. The molecule has 0 aliphatic carbocycles. The highest BCUT2D eigenvalue weighted by Crippen LogP contribution is 2.25. The van der Waals surface area contributed by atoms with Crippen LogP contribution >= 0.6 is 11.3 Å². The fraction of sp³-hybridized carbons (Fsp3) is 0.500. The first-order valence-corrected chi connectivity index (χ1v) is 9.67. The largest absolute Gasteiger partial charge is 0.347 e. The Hall–Kier alpha value is -1.22. The molecule has 1 aliphatic rings. The predicted molar refractivity (Wildman–Crippen MR) is 86.2 cm³/mol. The minimum atomic E-state index is -3.35. The summed E-state index contributed by atoms with van der Waals surface area (Å²) in [4.78, 5) is 7.11. The molecule has 0 aromatic carbocycles. The van der Waals surface area contributed by atoms with E-state index in [0.29, 0.717) is 17.3 Å². The third kappa shape index (κ3) is 3.24. The van der Waals surface area contributed by atoms with E-state index in [-0.39, 0.29) is 12.1 Å². The molecule has 1 saturated heterocycles. The van der Waals surface area contributed by atoms with Gasteiger partial charge in [0.2, 0.25) is 0 Å². The SMILES string of the molecule is CC(N[C@@H]1CCCN(S(=O)(=O)c2cccs2)C1)c1cnc[nH]1. The van der Waals surface area contributed by atoms with Crippen LogP contribution in [0, 0.1) is 0 Å². The molecule has 3 rings (SSSR count). The van der Waals surface area contributed by atoms with E-state index in [4.69, 9.17) is 0 Å². The van der Waals surface area contributed by atoms with Crippen LogP contribution in [0.4, 0.5) is 0 Å². The number of piperidine rings is 1. The van der Waals surface area contributed by atoms with Crippen molar-refractivity contribution in [2.24, 2.45) is 0 Å².